The highest BCUT2D eigenvalue weighted by Gasteiger charge is 2.13. The van der Waals surface area contributed by atoms with Crippen molar-refractivity contribution in [2.24, 2.45) is 0 Å². The van der Waals surface area contributed by atoms with Crippen LogP contribution in [0.2, 0.25) is 0 Å². The molecule has 24 heavy (non-hydrogen) atoms. The number of nitrogens with zero attached hydrogens (tertiary/aromatic N) is 1. The van der Waals surface area contributed by atoms with Gasteiger partial charge in [0.1, 0.15) is 0 Å². The molecule has 5 heteroatoms. The van der Waals surface area contributed by atoms with Crippen LogP contribution in [0.1, 0.15) is 51.1 Å². The maximum absolute atomic E-state index is 12.4. The minimum Gasteiger partial charge on any atom is -0.478 e. The SMILES string of the molecule is CCC(C#N)c1cccc(C(=O)Nc2ccc(C)c(C(=O)O)c2)c1. The molecule has 122 valence electrons. The smallest absolute Gasteiger partial charge is 0.336 e. The lowest BCUT2D eigenvalue weighted by molar-refractivity contribution is 0.0695. The van der Waals surface area contributed by atoms with Crippen LogP contribution >= 0.6 is 0 Å². The maximum Gasteiger partial charge on any atom is 0.336 e. The first-order valence-corrected chi connectivity index (χ1v) is 7.61. The summed E-state index contributed by atoms with van der Waals surface area (Å²) >= 11 is 0. The topological polar surface area (TPSA) is 90.2 Å². The number of carboxylic acid groups (broad SMARTS) is 1. The number of aromatic carboxylic acids is 1. The molecule has 0 aliphatic heterocycles. The minimum absolute atomic E-state index is 0.150. The number of hydrogen-bond acceptors (Lipinski definition) is 3. The summed E-state index contributed by atoms with van der Waals surface area (Å²) in [5.41, 5.74) is 2.42. The van der Waals surface area contributed by atoms with Gasteiger partial charge in [0.25, 0.3) is 5.91 Å². The number of carboxylic acids is 1. The molecule has 0 aliphatic carbocycles. The lowest BCUT2D eigenvalue weighted by atomic mass is 9.96. The van der Waals surface area contributed by atoms with E-state index in [1.165, 1.54) is 6.07 Å². The fourth-order valence-corrected chi connectivity index (χ4v) is 2.43. The number of nitrogens with one attached hydrogen (secondary N) is 1. The van der Waals surface area contributed by atoms with E-state index in [9.17, 15) is 9.59 Å². The standard InChI is InChI=1S/C19H18N2O3/c1-3-13(11-20)14-5-4-6-15(9-14)18(22)21-16-8-7-12(2)17(10-16)19(23)24/h4-10,13H,3H2,1-2H3,(H,21,22)(H,23,24). The number of rotatable bonds is 5. The molecular formula is C19H18N2O3. The Kier molecular flexibility index (Phi) is 5.33. The van der Waals surface area contributed by atoms with Crippen molar-refractivity contribution in [1.29, 1.82) is 5.26 Å². The fraction of sp³-hybridized carbons (Fsp3) is 0.211. The lowest BCUT2D eigenvalue weighted by Gasteiger charge is -2.10. The van der Waals surface area contributed by atoms with E-state index in [2.05, 4.69) is 11.4 Å². The zero-order valence-electron chi connectivity index (χ0n) is 13.5. The third-order valence-electron chi connectivity index (χ3n) is 3.84. The Balaban J connectivity index is 2.25. The number of nitriles is 1. The Bertz CT molecular complexity index is 822. The van der Waals surface area contributed by atoms with Gasteiger partial charge >= 0.3 is 5.97 Å². The number of amides is 1. The predicted molar refractivity (Wildman–Crippen MR) is 91.2 cm³/mol. The van der Waals surface area contributed by atoms with Gasteiger partial charge in [-0.1, -0.05) is 25.1 Å². The number of hydrogen-bond donors (Lipinski definition) is 2. The van der Waals surface area contributed by atoms with Gasteiger partial charge in [-0.05, 0) is 48.7 Å². The largest absolute Gasteiger partial charge is 0.478 e. The first kappa shape index (κ1) is 17.2. The molecule has 0 saturated heterocycles. The summed E-state index contributed by atoms with van der Waals surface area (Å²) in [6.45, 7) is 3.62. The van der Waals surface area contributed by atoms with E-state index in [-0.39, 0.29) is 17.4 Å². The Labute approximate surface area is 140 Å². The van der Waals surface area contributed by atoms with Crippen LogP contribution in [0.5, 0.6) is 0 Å². The molecule has 2 aromatic rings. The summed E-state index contributed by atoms with van der Waals surface area (Å²) in [6, 6.07) is 13.9. The molecule has 0 spiro atoms. The molecule has 1 atom stereocenters. The van der Waals surface area contributed by atoms with Crippen molar-refractivity contribution in [3.05, 3.63) is 64.7 Å². The van der Waals surface area contributed by atoms with Gasteiger partial charge in [-0.15, -0.1) is 0 Å². The van der Waals surface area contributed by atoms with E-state index in [1.807, 2.05) is 13.0 Å². The highest BCUT2D eigenvalue weighted by Crippen LogP contribution is 2.21. The van der Waals surface area contributed by atoms with Gasteiger partial charge in [-0.2, -0.15) is 5.26 Å². The molecule has 0 heterocycles. The lowest BCUT2D eigenvalue weighted by Crippen LogP contribution is -2.13. The summed E-state index contributed by atoms with van der Waals surface area (Å²) in [6.07, 6.45) is 0.668. The summed E-state index contributed by atoms with van der Waals surface area (Å²) in [4.78, 5) is 23.6. The number of carbonyl (C=O) groups is 2. The van der Waals surface area contributed by atoms with Crippen molar-refractivity contribution in [3.8, 4) is 6.07 Å². The van der Waals surface area contributed by atoms with Crippen LogP contribution in [0.3, 0.4) is 0 Å². The first-order chi connectivity index (χ1) is 11.5. The van der Waals surface area contributed by atoms with E-state index in [0.717, 1.165) is 5.56 Å². The quantitative estimate of drug-likeness (QED) is 0.871. The Morgan fingerprint density at radius 1 is 1.25 bits per heavy atom. The average molecular weight is 322 g/mol. The summed E-state index contributed by atoms with van der Waals surface area (Å²) < 4.78 is 0. The number of anilines is 1. The van der Waals surface area contributed by atoms with Crippen LogP contribution in [0.25, 0.3) is 0 Å². The second-order valence-corrected chi connectivity index (χ2v) is 5.50. The molecule has 5 nitrogen and oxygen atoms in total. The monoisotopic (exact) mass is 322 g/mol. The third kappa shape index (κ3) is 3.79. The fourth-order valence-electron chi connectivity index (χ4n) is 2.43. The number of carbonyl (C=O) groups excluding carboxylic acids is 1. The average Bonchev–Trinajstić information content (AvgIpc) is 2.57. The van der Waals surface area contributed by atoms with Gasteiger partial charge in [-0.3, -0.25) is 4.79 Å². The van der Waals surface area contributed by atoms with Crippen LogP contribution < -0.4 is 5.32 Å². The molecule has 0 bridgehead atoms. The van der Waals surface area contributed by atoms with Gasteiger partial charge in [0.05, 0.1) is 17.6 Å². The highest BCUT2D eigenvalue weighted by molar-refractivity contribution is 6.05. The molecule has 2 rings (SSSR count). The van der Waals surface area contributed by atoms with Gasteiger partial charge < -0.3 is 10.4 Å². The summed E-state index contributed by atoms with van der Waals surface area (Å²) in [5, 5.41) is 21.0. The van der Waals surface area contributed by atoms with Crippen molar-refractivity contribution >= 4 is 17.6 Å². The van der Waals surface area contributed by atoms with E-state index in [1.54, 1.807) is 37.3 Å². The zero-order valence-corrected chi connectivity index (χ0v) is 13.5. The van der Waals surface area contributed by atoms with Crippen molar-refractivity contribution < 1.29 is 14.7 Å². The Morgan fingerprint density at radius 3 is 2.62 bits per heavy atom. The third-order valence-corrected chi connectivity index (χ3v) is 3.84. The molecule has 0 aromatic heterocycles. The Morgan fingerprint density at radius 2 is 2.00 bits per heavy atom. The maximum atomic E-state index is 12.4. The number of benzene rings is 2. The van der Waals surface area contributed by atoms with Gasteiger partial charge in [0.15, 0.2) is 0 Å². The van der Waals surface area contributed by atoms with Crippen LogP contribution in [0.15, 0.2) is 42.5 Å². The van der Waals surface area contributed by atoms with E-state index in [0.29, 0.717) is 23.2 Å². The Hall–Kier alpha value is -3.13. The molecule has 1 amide bonds. The van der Waals surface area contributed by atoms with Crippen molar-refractivity contribution in [3.63, 3.8) is 0 Å². The van der Waals surface area contributed by atoms with Crippen LogP contribution in [-0.4, -0.2) is 17.0 Å². The van der Waals surface area contributed by atoms with Gasteiger partial charge in [-0.25, -0.2) is 4.79 Å². The molecule has 1 unspecified atom stereocenters. The minimum atomic E-state index is -1.04. The molecule has 2 aromatic carbocycles. The predicted octanol–water partition coefficient (Wildman–Crippen LogP) is 3.96. The van der Waals surface area contributed by atoms with Crippen LogP contribution in [0, 0.1) is 18.3 Å². The van der Waals surface area contributed by atoms with Crippen molar-refractivity contribution in [1.82, 2.24) is 0 Å². The van der Waals surface area contributed by atoms with Gasteiger partial charge in [0.2, 0.25) is 0 Å². The molecule has 0 radical (unpaired) electrons. The molecule has 0 fully saturated rings. The van der Waals surface area contributed by atoms with Gasteiger partial charge in [0, 0.05) is 11.3 Å². The van der Waals surface area contributed by atoms with Crippen molar-refractivity contribution in [2.45, 2.75) is 26.2 Å². The van der Waals surface area contributed by atoms with Crippen molar-refractivity contribution in [2.75, 3.05) is 5.32 Å². The normalized spacial score (nSPS) is 11.4. The van der Waals surface area contributed by atoms with E-state index in [4.69, 9.17) is 10.4 Å². The molecule has 2 N–H and O–H groups in total. The van der Waals surface area contributed by atoms with E-state index >= 15 is 0 Å². The van der Waals surface area contributed by atoms with Crippen LogP contribution in [0.4, 0.5) is 5.69 Å². The summed E-state index contributed by atoms with van der Waals surface area (Å²) in [5.74, 6) is -1.63. The van der Waals surface area contributed by atoms with Crippen LogP contribution in [-0.2, 0) is 0 Å². The highest BCUT2D eigenvalue weighted by atomic mass is 16.4. The summed E-state index contributed by atoms with van der Waals surface area (Å²) in [7, 11) is 0. The molecular weight excluding hydrogens is 304 g/mol. The zero-order chi connectivity index (χ0) is 17.7. The molecule has 0 aliphatic rings. The second-order valence-electron chi connectivity index (χ2n) is 5.50. The first-order valence-electron chi connectivity index (χ1n) is 7.61. The molecule has 0 saturated carbocycles. The number of aryl methyl sites for hydroxylation is 1. The second kappa shape index (κ2) is 7.42. The van der Waals surface area contributed by atoms with E-state index < -0.39 is 5.97 Å².